The fraction of sp³-hybridized carbons (Fsp3) is 0.455. The van der Waals surface area contributed by atoms with E-state index in [0.717, 1.165) is 5.69 Å². The minimum absolute atomic E-state index is 0.390. The Bertz CT molecular complexity index is 391. The van der Waals surface area contributed by atoms with Gasteiger partial charge in [-0.25, -0.2) is 9.37 Å². The average Bonchev–Trinajstić information content (AvgIpc) is 2.59. The maximum Gasteiger partial charge on any atom is 0.140 e. The minimum Gasteiger partial charge on any atom is -0.367 e. The van der Waals surface area contributed by atoms with Crippen LogP contribution < -0.4 is 4.90 Å². The molecule has 78 valence electrons. The Balaban J connectivity index is 2.15. The van der Waals surface area contributed by atoms with Crippen LogP contribution in [0.2, 0.25) is 0 Å². The molecule has 4 heteroatoms. The van der Waals surface area contributed by atoms with Crippen LogP contribution in [0.25, 0.3) is 0 Å². The third-order valence-corrected chi connectivity index (χ3v) is 2.65. The second-order valence-corrected chi connectivity index (χ2v) is 4.10. The molecule has 0 spiro atoms. The summed E-state index contributed by atoms with van der Waals surface area (Å²) in [5, 5.41) is 8.59. The molecule has 1 aliphatic heterocycles. The predicted molar refractivity (Wildman–Crippen MR) is 55.3 cm³/mol. The summed E-state index contributed by atoms with van der Waals surface area (Å²) in [5.74, 6) is 0. The van der Waals surface area contributed by atoms with E-state index in [1.54, 1.807) is 19.2 Å². The van der Waals surface area contributed by atoms with E-state index in [1.165, 1.54) is 0 Å². The lowest BCUT2D eigenvalue weighted by Gasteiger charge is -2.18. The molecule has 3 nitrogen and oxygen atoms in total. The Hall–Kier alpha value is -1.63. The summed E-state index contributed by atoms with van der Waals surface area (Å²) in [5.41, 5.74) is 0.171. The number of nitriles is 1. The summed E-state index contributed by atoms with van der Waals surface area (Å²) in [4.78, 5) is 5.92. The summed E-state index contributed by atoms with van der Waals surface area (Å²) in [6, 6.07) is 5.43. The summed E-state index contributed by atoms with van der Waals surface area (Å²) in [6.45, 7) is 2.73. The monoisotopic (exact) mass is 205 g/mol. The summed E-state index contributed by atoms with van der Waals surface area (Å²) in [7, 11) is 0. The van der Waals surface area contributed by atoms with Crippen molar-refractivity contribution < 1.29 is 4.39 Å². The fourth-order valence-corrected chi connectivity index (χ4v) is 1.78. The number of rotatable bonds is 1. The largest absolute Gasteiger partial charge is 0.367 e. The molecule has 0 aromatic carbocycles. The molecule has 2 heterocycles. The first-order valence-electron chi connectivity index (χ1n) is 4.91. The zero-order valence-electron chi connectivity index (χ0n) is 8.57. The van der Waals surface area contributed by atoms with Crippen LogP contribution >= 0.6 is 0 Å². The van der Waals surface area contributed by atoms with Gasteiger partial charge in [0.2, 0.25) is 0 Å². The second kappa shape index (κ2) is 3.50. The Morgan fingerprint density at radius 1 is 1.60 bits per heavy atom. The molecular formula is C11H12FN3. The van der Waals surface area contributed by atoms with Gasteiger partial charge in [-0.3, -0.25) is 0 Å². The molecule has 1 atom stereocenters. The van der Waals surface area contributed by atoms with E-state index in [1.807, 2.05) is 17.0 Å². The molecule has 0 radical (unpaired) electrons. The summed E-state index contributed by atoms with van der Waals surface area (Å²) >= 11 is 0. The van der Waals surface area contributed by atoms with Crippen molar-refractivity contribution in [3.63, 3.8) is 0 Å². The maximum absolute atomic E-state index is 13.6. The molecule has 0 saturated carbocycles. The van der Waals surface area contributed by atoms with Crippen molar-refractivity contribution in [2.75, 3.05) is 18.0 Å². The van der Waals surface area contributed by atoms with Crippen molar-refractivity contribution >= 4 is 5.69 Å². The average molecular weight is 205 g/mol. The zero-order valence-corrected chi connectivity index (χ0v) is 8.57. The number of hydrogen-bond acceptors (Lipinski definition) is 3. The molecule has 1 saturated heterocycles. The Kier molecular flexibility index (Phi) is 2.31. The smallest absolute Gasteiger partial charge is 0.140 e. The van der Waals surface area contributed by atoms with Gasteiger partial charge in [-0.2, -0.15) is 5.26 Å². The van der Waals surface area contributed by atoms with Crippen LogP contribution in [0, 0.1) is 11.3 Å². The third-order valence-electron chi connectivity index (χ3n) is 2.65. The predicted octanol–water partition coefficient (Wildman–Crippen LogP) is 1.89. The standard InChI is InChI=1S/C11H12FN3/c1-11(12)4-5-15(8-11)10-3-2-9(6-13)14-7-10/h2-3,7H,4-5,8H2,1H3/t11-/m1/s1. The lowest BCUT2D eigenvalue weighted by Crippen LogP contribution is -2.25. The SMILES string of the molecule is C[C@@]1(F)CCN(c2ccc(C#N)nc2)C1. The molecule has 15 heavy (non-hydrogen) atoms. The highest BCUT2D eigenvalue weighted by Crippen LogP contribution is 2.28. The van der Waals surface area contributed by atoms with Crippen LogP contribution in [-0.4, -0.2) is 23.7 Å². The van der Waals surface area contributed by atoms with Gasteiger partial charge in [-0.15, -0.1) is 0 Å². The number of anilines is 1. The topological polar surface area (TPSA) is 39.9 Å². The van der Waals surface area contributed by atoms with Gasteiger partial charge in [0, 0.05) is 13.0 Å². The van der Waals surface area contributed by atoms with Crippen LogP contribution in [0.1, 0.15) is 19.0 Å². The van der Waals surface area contributed by atoms with Gasteiger partial charge in [0.15, 0.2) is 0 Å². The van der Waals surface area contributed by atoms with E-state index in [-0.39, 0.29) is 0 Å². The van der Waals surface area contributed by atoms with Crippen molar-refractivity contribution in [1.29, 1.82) is 5.26 Å². The van der Waals surface area contributed by atoms with E-state index in [9.17, 15) is 4.39 Å². The van der Waals surface area contributed by atoms with Gasteiger partial charge in [0.1, 0.15) is 17.4 Å². The highest BCUT2D eigenvalue weighted by atomic mass is 19.1. The molecule has 0 bridgehead atoms. The molecular weight excluding hydrogens is 193 g/mol. The van der Waals surface area contributed by atoms with Gasteiger partial charge in [0.05, 0.1) is 18.4 Å². The molecule has 0 unspecified atom stereocenters. The number of halogens is 1. The van der Waals surface area contributed by atoms with E-state index < -0.39 is 5.67 Å². The second-order valence-electron chi connectivity index (χ2n) is 4.10. The fourth-order valence-electron chi connectivity index (χ4n) is 1.78. The van der Waals surface area contributed by atoms with Crippen molar-refractivity contribution in [2.45, 2.75) is 19.0 Å². The Labute approximate surface area is 88.2 Å². The van der Waals surface area contributed by atoms with Gasteiger partial charge in [-0.1, -0.05) is 0 Å². The van der Waals surface area contributed by atoms with Crippen LogP contribution in [0.4, 0.5) is 10.1 Å². The highest BCUT2D eigenvalue weighted by Gasteiger charge is 2.33. The number of alkyl halides is 1. The van der Waals surface area contributed by atoms with Gasteiger partial charge >= 0.3 is 0 Å². The number of hydrogen-bond donors (Lipinski definition) is 0. The number of aromatic nitrogens is 1. The van der Waals surface area contributed by atoms with E-state index in [0.29, 0.717) is 25.2 Å². The first-order valence-corrected chi connectivity index (χ1v) is 4.91. The lowest BCUT2D eigenvalue weighted by atomic mass is 10.1. The van der Waals surface area contributed by atoms with Crippen molar-refractivity contribution in [3.05, 3.63) is 24.0 Å². The van der Waals surface area contributed by atoms with Gasteiger partial charge in [0.25, 0.3) is 0 Å². The summed E-state index contributed by atoms with van der Waals surface area (Å²) < 4.78 is 13.6. The molecule has 1 fully saturated rings. The summed E-state index contributed by atoms with van der Waals surface area (Å²) in [6.07, 6.45) is 2.17. The molecule has 1 aromatic heterocycles. The van der Waals surface area contributed by atoms with E-state index in [4.69, 9.17) is 5.26 Å². The normalized spacial score (nSPS) is 25.3. The molecule has 1 aliphatic rings. The quantitative estimate of drug-likeness (QED) is 0.702. The molecule has 0 N–H and O–H groups in total. The first kappa shape index (κ1) is 9.91. The van der Waals surface area contributed by atoms with Crippen LogP contribution in [-0.2, 0) is 0 Å². The van der Waals surface area contributed by atoms with Crippen molar-refractivity contribution in [1.82, 2.24) is 4.98 Å². The third kappa shape index (κ3) is 2.07. The Morgan fingerprint density at radius 3 is 2.87 bits per heavy atom. The van der Waals surface area contributed by atoms with Crippen LogP contribution in [0.5, 0.6) is 0 Å². The molecule has 0 amide bonds. The lowest BCUT2D eigenvalue weighted by molar-refractivity contribution is 0.221. The van der Waals surface area contributed by atoms with Gasteiger partial charge in [-0.05, 0) is 19.1 Å². The number of pyridine rings is 1. The van der Waals surface area contributed by atoms with E-state index in [2.05, 4.69) is 4.98 Å². The van der Waals surface area contributed by atoms with Crippen LogP contribution in [0.15, 0.2) is 18.3 Å². The Morgan fingerprint density at radius 2 is 2.40 bits per heavy atom. The minimum atomic E-state index is -1.10. The van der Waals surface area contributed by atoms with E-state index >= 15 is 0 Å². The zero-order chi connectivity index (χ0) is 10.9. The molecule has 1 aromatic rings. The van der Waals surface area contributed by atoms with Crippen LogP contribution in [0.3, 0.4) is 0 Å². The molecule has 0 aliphatic carbocycles. The highest BCUT2D eigenvalue weighted by molar-refractivity contribution is 5.47. The number of nitrogens with zero attached hydrogens (tertiary/aromatic N) is 3. The van der Waals surface area contributed by atoms with Gasteiger partial charge < -0.3 is 4.90 Å². The van der Waals surface area contributed by atoms with Crippen molar-refractivity contribution in [2.24, 2.45) is 0 Å². The molecule has 2 rings (SSSR count). The first-order chi connectivity index (χ1) is 7.11. The van der Waals surface area contributed by atoms with Crippen molar-refractivity contribution in [3.8, 4) is 6.07 Å². The maximum atomic E-state index is 13.6.